The Morgan fingerprint density at radius 3 is 2.39 bits per heavy atom. The van der Waals surface area contributed by atoms with Gasteiger partial charge in [-0.3, -0.25) is 0 Å². The fraction of sp³-hybridized carbons (Fsp3) is 0.600. The molecule has 18 heavy (non-hydrogen) atoms. The van der Waals surface area contributed by atoms with Crippen LogP contribution >= 0.6 is 0 Å². The summed E-state index contributed by atoms with van der Waals surface area (Å²) >= 11 is 0. The van der Waals surface area contributed by atoms with E-state index >= 15 is 0 Å². The number of aliphatic hydroxyl groups excluding tert-OH is 1. The maximum atomic E-state index is 10.1. The van der Waals surface area contributed by atoms with E-state index < -0.39 is 0 Å². The van der Waals surface area contributed by atoms with E-state index in [9.17, 15) is 5.11 Å². The molecule has 0 amide bonds. The molecule has 1 atom stereocenters. The third kappa shape index (κ3) is 2.85. The molecule has 0 aliphatic carbocycles. The zero-order valence-corrected chi connectivity index (χ0v) is 11.5. The first kappa shape index (κ1) is 13.4. The number of aliphatic hydroxyl groups is 1. The lowest BCUT2D eigenvalue weighted by Gasteiger charge is -2.37. The first-order valence-corrected chi connectivity index (χ1v) is 7.00. The van der Waals surface area contributed by atoms with Gasteiger partial charge in [0.1, 0.15) is 0 Å². The van der Waals surface area contributed by atoms with Crippen LogP contribution in [0.25, 0.3) is 0 Å². The number of hydrogen-bond acceptors (Lipinski definition) is 3. The molecule has 3 heteroatoms. The molecule has 1 fully saturated rings. The van der Waals surface area contributed by atoms with Gasteiger partial charge in [0.05, 0.1) is 6.10 Å². The van der Waals surface area contributed by atoms with Crippen LogP contribution in [0.15, 0.2) is 24.3 Å². The summed E-state index contributed by atoms with van der Waals surface area (Å²) in [5, 5.41) is 10.1. The predicted octanol–water partition coefficient (Wildman–Crippen LogP) is 2.27. The summed E-state index contributed by atoms with van der Waals surface area (Å²) in [6.07, 6.45) is 0.428. The van der Waals surface area contributed by atoms with E-state index in [0.29, 0.717) is 0 Å². The maximum absolute atomic E-state index is 10.1. The SMILES string of the molecule is CCC(O)c1ccccc1N1CCN(CC)CC1. The minimum Gasteiger partial charge on any atom is -0.388 e. The van der Waals surface area contributed by atoms with E-state index in [4.69, 9.17) is 0 Å². The number of benzene rings is 1. The van der Waals surface area contributed by atoms with Gasteiger partial charge < -0.3 is 14.9 Å². The molecule has 1 aromatic rings. The fourth-order valence-corrected chi connectivity index (χ4v) is 2.58. The number of rotatable bonds is 4. The van der Waals surface area contributed by atoms with Gasteiger partial charge in [0.15, 0.2) is 0 Å². The van der Waals surface area contributed by atoms with E-state index in [1.54, 1.807) is 0 Å². The van der Waals surface area contributed by atoms with E-state index in [1.165, 1.54) is 5.69 Å². The van der Waals surface area contributed by atoms with Gasteiger partial charge in [-0.05, 0) is 19.0 Å². The molecule has 1 aromatic carbocycles. The quantitative estimate of drug-likeness (QED) is 0.885. The van der Waals surface area contributed by atoms with Gasteiger partial charge in [0.25, 0.3) is 0 Å². The lowest BCUT2D eigenvalue weighted by Crippen LogP contribution is -2.46. The molecule has 2 rings (SSSR count). The normalized spacial score (nSPS) is 18.9. The molecule has 0 aromatic heterocycles. The number of piperazine rings is 1. The molecule has 1 unspecified atom stereocenters. The molecule has 0 radical (unpaired) electrons. The smallest absolute Gasteiger partial charge is 0.0807 e. The second-order valence-corrected chi connectivity index (χ2v) is 4.90. The molecular formula is C15H24N2O. The molecule has 0 spiro atoms. The van der Waals surface area contributed by atoms with Gasteiger partial charge in [-0.25, -0.2) is 0 Å². The molecule has 1 heterocycles. The van der Waals surface area contributed by atoms with Crippen LogP contribution in [0, 0.1) is 0 Å². The molecule has 100 valence electrons. The highest BCUT2D eigenvalue weighted by Crippen LogP contribution is 2.28. The van der Waals surface area contributed by atoms with Gasteiger partial charge in [0, 0.05) is 37.4 Å². The average molecular weight is 248 g/mol. The van der Waals surface area contributed by atoms with Crippen LogP contribution in [0.4, 0.5) is 5.69 Å². The average Bonchev–Trinajstić information content (AvgIpc) is 2.46. The highest BCUT2D eigenvalue weighted by atomic mass is 16.3. The van der Waals surface area contributed by atoms with Crippen LogP contribution in [0.5, 0.6) is 0 Å². The van der Waals surface area contributed by atoms with Crippen LogP contribution in [0.2, 0.25) is 0 Å². The van der Waals surface area contributed by atoms with Crippen molar-refractivity contribution < 1.29 is 5.11 Å². The highest BCUT2D eigenvalue weighted by molar-refractivity contribution is 5.55. The Hall–Kier alpha value is -1.06. The first-order valence-electron chi connectivity index (χ1n) is 7.00. The summed E-state index contributed by atoms with van der Waals surface area (Å²) in [7, 11) is 0. The molecule has 0 bridgehead atoms. The lowest BCUT2D eigenvalue weighted by atomic mass is 10.0. The first-order chi connectivity index (χ1) is 8.76. The van der Waals surface area contributed by atoms with Crippen molar-refractivity contribution in [1.29, 1.82) is 0 Å². The third-order valence-corrected chi connectivity index (χ3v) is 3.84. The molecule has 1 N–H and O–H groups in total. The number of likely N-dealkylation sites (N-methyl/N-ethyl adjacent to an activating group) is 1. The van der Waals surface area contributed by atoms with Crippen molar-refractivity contribution in [3.05, 3.63) is 29.8 Å². The lowest BCUT2D eigenvalue weighted by molar-refractivity contribution is 0.173. The van der Waals surface area contributed by atoms with Crippen molar-refractivity contribution in [2.45, 2.75) is 26.4 Å². The van der Waals surface area contributed by atoms with Crippen LogP contribution in [-0.2, 0) is 0 Å². The van der Waals surface area contributed by atoms with Gasteiger partial charge in [0.2, 0.25) is 0 Å². The Balaban J connectivity index is 2.13. The Morgan fingerprint density at radius 2 is 1.78 bits per heavy atom. The zero-order valence-electron chi connectivity index (χ0n) is 11.5. The Labute approximate surface area is 110 Å². The predicted molar refractivity (Wildman–Crippen MR) is 76.0 cm³/mol. The molecule has 1 aliphatic rings. The zero-order chi connectivity index (χ0) is 13.0. The fourth-order valence-electron chi connectivity index (χ4n) is 2.58. The molecule has 1 saturated heterocycles. The van der Waals surface area contributed by atoms with E-state index in [-0.39, 0.29) is 6.10 Å². The largest absolute Gasteiger partial charge is 0.388 e. The Morgan fingerprint density at radius 1 is 1.11 bits per heavy atom. The minimum absolute atomic E-state index is 0.342. The summed E-state index contributed by atoms with van der Waals surface area (Å²) in [4.78, 5) is 4.87. The van der Waals surface area contributed by atoms with Gasteiger partial charge in [-0.1, -0.05) is 32.0 Å². The van der Waals surface area contributed by atoms with Crippen LogP contribution in [0.3, 0.4) is 0 Å². The van der Waals surface area contributed by atoms with E-state index in [2.05, 4.69) is 34.9 Å². The van der Waals surface area contributed by atoms with Crippen LogP contribution in [0.1, 0.15) is 31.9 Å². The summed E-state index contributed by atoms with van der Waals surface area (Å²) < 4.78 is 0. The van der Waals surface area contributed by atoms with Crippen molar-refractivity contribution >= 4 is 5.69 Å². The second kappa shape index (κ2) is 6.21. The monoisotopic (exact) mass is 248 g/mol. The highest BCUT2D eigenvalue weighted by Gasteiger charge is 2.19. The maximum Gasteiger partial charge on any atom is 0.0807 e. The summed E-state index contributed by atoms with van der Waals surface area (Å²) in [6, 6.07) is 8.26. The van der Waals surface area contributed by atoms with Crippen LogP contribution < -0.4 is 4.90 Å². The van der Waals surface area contributed by atoms with Crippen LogP contribution in [-0.4, -0.2) is 42.7 Å². The topological polar surface area (TPSA) is 26.7 Å². The second-order valence-electron chi connectivity index (χ2n) is 4.90. The molecule has 1 aliphatic heterocycles. The van der Waals surface area contributed by atoms with Crippen molar-refractivity contribution in [1.82, 2.24) is 4.90 Å². The third-order valence-electron chi connectivity index (χ3n) is 3.84. The minimum atomic E-state index is -0.342. The Kier molecular flexibility index (Phi) is 4.61. The summed E-state index contributed by atoms with van der Waals surface area (Å²) in [6.45, 7) is 9.72. The van der Waals surface area contributed by atoms with Gasteiger partial charge in [-0.2, -0.15) is 0 Å². The molecular weight excluding hydrogens is 224 g/mol. The number of hydrogen-bond donors (Lipinski definition) is 1. The van der Waals surface area contributed by atoms with Crippen molar-refractivity contribution in [3.8, 4) is 0 Å². The van der Waals surface area contributed by atoms with E-state index in [0.717, 1.165) is 44.7 Å². The molecule has 0 saturated carbocycles. The summed E-state index contributed by atoms with van der Waals surface area (Å²) in [5.74, 6) is 0. The standard InChI is InChI=1S/C15H24N2O/c1-3-15(18)13-7-5-6-8-14(13)17-11-9-16(4-2)10-12-17/h5-8,15,18H,3-4,9-12H2,1-2H3. The Bertz CT molecular complexity index is 373. The number of para-hydroxylation sites is 1. The van der Waals surface area contributed by atoms with Crippen molar-refractivity contribution in [3.63, 3.8) is 0 Å². The molecule has 3 nitrogen and oxygen atoms in total. The number of anilines is 1. The van der Waals surface area contributed by atoms with Crippen molar-refractivity contribution in [2.24, 2.45) is 0 Å². The summed E-state index contributed by atoms with van der Waals surface area (Å²) in [5.41, 5.74) is 2.28. The van der Waals surface area contributed by atoms with E-state index in [1.807, 2.05) is 13.0 Å². The number of nitrogens with zero attached hydrogens (tertiary/aromatic N) is 2. The van der Waals surface area contributed by atoms with Gasteiger partial charge >= 0.3 is 0 Å². The van der Waals surface area contributed by atoms with Gasteiger partial charge in [-0.15, -0.1) is 0 Å². The van der Waals surface area contributed by atoms with Crippen molar-refractivity contribution in [2.75, 3.05) is 37.6 Å².